The lowest BCUT2D eigenvalue weighted by atomic mass is 9.61. The van der Waals surface area contributed by atoms with Crippen molar-refractivity contribution in [3.63, 3.8) is 0 Å². The van der Waals surface area contributed by atoms with E-state index in [0.717, 1.165) is 24.0 Å². The fourth-order valence-corrected chi connectivity index (χ4v) is 7.16. The van der Waals surface area contributed by atoms with Gasteiger partial charge in [-0.15, -0.1) is 0 Å². The first kappa shape index (κ1) is 22.0. The van der Waals surface area contributed by atoms with E-state index in [1.54, 1.807) is 0 Å². The van der Waals surface area contributed by atoms with E-state index in [1.807, 2.05) is 6.08 Å². The predicted molar refractivity (Wildman–Crippen MR) is 122 cm³/mol. The van der Waals surface area contributed by atoms with Crippen molar-refractivity contribution < 1.29 is 15.3 Å². The fourth-order valence-electron chi connectivity index (χ4n) is 7.16. The Balaban J connectivity index is 1.55. The maximum Gasteiger partial charge on any atom is 0.0939 e. The molecule has 0 aliphatic heterocycles. The first-order valence-corrected chi connectivity index (χ1v) is 12.1. The highest BCUT2D eigenvalue weighted by Gasteiger charge is 2.52. The largest absolute Gasteiger partial charge is 0.389 e. The predicted octanol–water partition coefficient (Wildman–Crippen LogP) is 5.23. The smallest absolute Gasteiger partial charge is 0.0939 e. The van der Waals surface area contributed by atoms with E-state index in [0.29, 0.717) is 42.4 Å². The standard InChI is InChI=1S/C27H40O3/c1-5-12-27(30)15-20(17(2)25(29)16-27)9-8-19-7-6-13-26(4)22(10-11-23(19)26)18(3)21-14-24(21)28/h8-9,14,18,22-25,28-30H,2,5-7,10-13,15-16H2,1,3-4H3/t18-,22-,23+,24?,25+,26-,27?/m1/s1. The Kier molecular flexibility index (Phi) is 5.93. The molecule has 0 amide bonds. The summed E-state index contributed by atoms with van der Waals surface area (Å²) in [6.07, 6.45) is 14.3. The summed E-state index contributed by atoms with van der Waals surface area (Å²) in [6.45, 7) is 11.0. The zero-order valence-corrected chi connectivity index (χ0v) is 19.0. The van der Waals surface area contributed by atoms with Gasteiger partial charge in [-0.1, -0.05) is 51.5 Å². The Morgan fingerprint density at radius 3 is 2.67 bits per heavy atom. The summed E-state index contributed by atoms with van der Waals surface area (Å²) in [6, 6.07) is 0. The van der Waals surface area contributed by atoms with E-state index in [2.05, 4.69) is 39.5 Å². The molecule has 3 fully saturated rings. The van der Waals surface area contributed by atoms with Gasteiger partial charge in [0.15, 0.2) is 0 Å². The summed E-state index contributed by atoms with van der Waals surface area (Å²) in [7, 11) is 0. The molecule has 166 valence electrons. The van der Waals surface area contributed by atoms with Crippen LogP contribution >= 0.6 is 0 Å². The Hall–Kier alpha value is -1.16. The van der Waals surface area contributed by atoms with Gasteiger partial charge in [0.25, 0.3) is 0 Å². The van der Waals surface area contributed by atoms with Gasteiger partial charge in [0.05, 0.1) is 17.8 Å². The summed E-state index contributed by atoms with van der Waals surface area (Å²) < 4.78 is 0. The highest BCUT2D eigenvalue weighted by atomic mass is 16.3. The van der Waals surface area contributed by atoms with E-state index in [1.165, 1.54) is 36.8 Å². The molecule has 7 atom stereocenters. The van der Waals surface area contributed by atoms with Crippen LogP contribution in [0, 0.1) is 23.2 Å². The van der Waals surface area contributed by atoms with Gasteiger partial charge in [-0.2, -0.15) is 0 Å². The second-order valence-electron chi connectivity index (χ2n) is 10.8. The molecule has 3 saturated carbocycles. The second kappa shape index (κ2) is 8.07. The van der Waals surface area contributed by atoms with Crippen molar-refractivity contribution in [3.05, 3.63) is 47.1 Å². The van der Waals surface area contributed by atoms with Gasteiger partial charge in [-0.25, -0.2) is 0 Å². The number of aliphatic hydroxyl groups is 3. The van der Waals surface area contributed by atoms with Crippen LogP contribution in [0.3, 0.4) is 0 Å². The summed E-state index contributed by atoms with van der Waals surface area (Å²) in [4.78, 5) is 0. The summed E-state index contributed by atoms with van der Waals surface area (Å²) in [5, 5.41) is 31.3. The van der Waals surface area contributed by atoms with Gasteiger partial charge in [0.2, 0.25) is 0 Å². The van der Waals surface area contributed by atoms with Crippen LogP contribution in [0.2, 0.25) is 0 Å². The van der Waals surface area contributed by atoms with Gasteiger partial charge in [-0.3, -0.25) is 0 Å². The number of allylic oxidation sites excluding steroid dienone is 3. The van der Waals surface area contributed by atoms with E-state index in [4.69, 9.17) is 0 Å². The molecule has 0 heterocycles. The van der Waals surface area contributed by atoms with Gasteiger partial charge in [0, 0.05) is 12.8 Å². The molecule has 0 aromatic rings. The van der Waals surface area contributed by atoms with Gasteiger partial charge in [0.1, 0.15) is 0 Å². The van der Waals surface area contributed by atoms with E-state index in [-0.39, 0.29) is 6.10 Å². The van der Waals surface area contributed by atoms with Crippen molar-refractivity contribution in [1.82, 2.24) is 0 Å². The molecule has 2 unspecified atom stereocenters. The minimum Gasteiger partial charge on any atom is -0.389 e. The van der Waals surface area contributed by atoms with Crippen LogP contribution in [0.1, 0.15) is 78.6 Å². The molecule has 4 aliphatic rings. The molecule has 0 saturated heterocycles. The Morgan fingerprint density at radius 1 is 1.27 bits per heavy atom. The van der Waals surface area contributed by atoms with Crippen LogP contribution in [-0.4, -0.2) is 33.1 Å². The van der Waals surface area contributed by atoms with Crippen LogP contribution in [0.25, 0.3) is 0 Å². The van der Waals surface area contributed by atoms with Crippen LogP contribution in [0.15, 0.2) is 47.1 Å². The zero-order chi connectivity index (χ0) is 21.7. The normalized spacial score (nSPS) is 44.9. The molecule has 3 N–H and O–H groups in total. The monoisotopic (exact) mass is 412 g/mol. The highest BCUT2D eigenvalue weighted by Crippen LogP contribution is 2.61. The van der Waals surface area contributed by atoms with Crippen LogP contribution in [0.4, 0.5) is 0 Å². The fraction of sp³-hybridized carbons (Fsp3) is 0.704. The molecule has 4 rings (SSSR count). The zero-order valence-electron chi connectivity index (χ0n) is 19.0. The molecule has 0 aromatic carbocycles. The Labute approximate surface area is 182 Å². The van der Waals surface area contributed by atoms with Gasteiger partial charge in [-0.05, 0) is 84.5 Å². The van der Waals surface area contributed by atoms with Gasteiger partial charge >= 0.3 is 0 Å². The van der Waals surface area contributed by atoms with Crippen molar-refractivity contribution in [3.8, 4) is 0 Å². The molecular formula is C27H40O3. The number of aliphatic hydroxyl groups excluding tert-OH is 2. The molecule has 4 aliphatic carbocycles. The third-order valence-electron chi connectivity index (χ3n) is 8.87. The van der Waals surface area contributed by atoms with Crippen molar-refractivity contribution in [2.24, 2.45) is 23.2 Å². The second-order valence-corrected chi connectivity index (χ2v) is 10.8. The lowest BCUT2D eigenvalue weighted by molar-refractivity contribution is -0.0189. The third-order valence-corrected chi connectivity index (χ3v) is 8.87. The first-order valence-electron chi connectivity index (χ1n) is 12.1. The number of fused-ring (bicyclic) bond motifs is 1. The molecule has 3 nitrogen and oxygen atoms in total. The van der Waals surface area contributed by atoms with Crippen molar-refractivity contribution in [1.29, 1.82) is 0 Å². The molecule has 3 heteroatoms. The number of rotatable bonds is 5. The Bertz CT molecular complexity index is 790. The van der Waals surface area contributed by atoms with E-state index >= 15 is 0 Å². The number of hydrogen-bond donors (Lipinski definition) is 3. The topological polar surface area (TPSA) is 60.7 Å². The first-order chi connectivity index (χ1) is 14.2. The van der Waals surface area contributed by atoms with Crippen molar-refractivity contribution in [2.75, 3.05) is 0 Å². The third kappa shape index (κ3) is 3.89. The summed E-state index contributed by atoms with van der Waals surface area (Å²) in [5.74, 6) is 1.72. The highest BCUT2D eigenvalue weighted by molar-refractivity contribution is 5.40. The lowest BCUT2D eigenvalue weighted by Gasteiger charge is -2.44. The van der Waals surface area contributed by atoms with Crippen molar-refractivity contribution in [2.45, 2.75) is 96.4 Å². The summed E-state index contributed by atoms with van der Waals surface area (Å²) in [5.41, 5.74) is 4.06. The van der Waals surface area contributed by atoms with E-state index < -0.39 is 11.7 Å². The Morgan fingerprint density at radius 2 is 2.00 bits per heavy atom. The van der Waals surface area contributed by atoms with Crippen LogP contribution in [-0.2, 0) is 0 Å². The SMILES string of the molecule is C=C1C(=CC=C2CCC[C@]3(C)[C@@H]([C@H](C)C4=CC4O)CC[C@@H]23)CC(O)(CCC)C[C@@H]1O. The molecular weight excluding hydrogens is 372 g/mol. The van der Waals surface area contributed by atoms with Crippen LogP contribution in [0.5, 0.6) is 0 Å². The molecule has 0 bridgehead atoms. The maximum absolute atomic E-state index is 10.9. The molecule has 0 aromatic heterocycles. The minimum absolute atomic E-state index is 0.267. The average Bonchev–Trinajstić information content (AvgIpc) is 3.30. The quantitative estimate of drug-likeness (QED) is 0.542. The van der Waals surface area contributed by atoms with E-state index in [9.17, 15) is 15.3 Å². The number of hydrogen-bond acceptors (Lipinski definition) is 3. The van der Waals surface area contributed by atoms with Crippen LogP contribution < -0.4 is 0 Å². The molecule has 0 radical (unpaired) electrons. The minimum atomic E-state index is -0.812. The van der Waals surface area contributed by atoms with Crippen molar-refractivity contribution >= 4 is 0 Å². The maximum atomic E-state index is 10.9. The molecule has 0 spiro atoms. The lowest BCUT2D eigenvalue weighted by Crippen LogP contribution is -2.39. The van der Waals surface area contributed by atoms with Gasteiger partial charge < -0.3 is 15.3 Å². The molecule has 30 heavy (non-hydrogen) atoms. The average molecular weight is 413 g/mol. The summed E-state index contributed by atoms with van der Waals surface area (Å²) >= 11 is 0.